The minimum atomic E-state index is -0.742. The Bertz CT molecular complexity index is 538. The van der Waals surface area contributed by atoms with E-state index in [0.29, 0.717) is 11.3 Å². The Morgan fingerprint density at radius 1 is 1.25 bits per heavy atom. The van der Waals surface area contributed by atoms with Gasteiger partial charge in [-0.2, -0.15) is 0 Å². The molecular formula is C14H19N3O3. The van der Waals surface area contributed by atoms with Crippen molar-refractivity contribution in [3.63, 3.8) is 0 Å². The quantitative estimate of drug-likeness (QED) is 0.713. The number of carbonyl (C=O) groups is 3. The van der Waals surface area contributed by atoms with Crippen molar-refractivity contribution in [3.05, 3.63) is 29.8 Å². The third-order valence-electron chi connectivity index (χ3n) is 2.60. The molecule has 0 fully saturated rings. The molecule has 3 amide bonds. The lowest BCUT2D eigenvalue weighted by molar-refractivity contribution is -0.119. The van der Waals surface area contributed by atoms with Crippen LogP contribution >= 0.6 is 0 Å². The van der Waals surface area contributed by atoms with E-state index in [1.165, 1.54) is 6.92 Å². The SMILES string of the molecule is CC(=O)c1cccc(NC(=O)NC(C)(C)CC(N)=O)c1. The Morgan fingerprint density at radius 3 is 2.45 bits per heavy atom. The van der Waals surface area contributed by atoms with Crippen LogP contribution < -0.4 is 16.4 Å². The Hall–Kier alpha value is -2.37. The molecule has 0 radical (unpaired) electrons. The van der Waals surface area contributed by atoms with E-state index in [0.717, 1.165) is 0 Å². The van der Waals surface area contributed by atoms with Crippen LogP contribution in [0, 0.1) is 0 Å². The molecule has 0 bridgehead atoms. The average Bonchev–Trinajstić information content (AvgIpc) is 2.25. The molecule has 1 aromatic rings. The summed E-state index contributed by atoms with van der Waals surface area (Å²) in [5.41, 5.74) is 5.39. The topological polar surface area (TPSA) is 101 Å². The number of urea groups is 1. The lowest BCUT2D eigenvalue weighted by atomic mass is 10.0. The maximum Gasteiger partial charge on any atom is 0.319 e. The molecule has 0 unspecified atom stereocenters. The van der Waals surface area contributed by atoms with Crippen LogP contribution in [-0.2, 0) is 4.79 Å². The first-order valence-electron chi connectivity index (χ1n) is 6.18. The molecule has 20 heavy (non-hydrogen) atoms. The third-order valence-corrected chi connectivity index (χ3v) is 2.60. The van der Waals surface area contributed by atoms with Gasteiger partial charge in [-0.3, -0.25) is 9.59 Å². The summed E-state index contributed by atoms with van der Waals surface area (Å²) in [5.74, 6) is -0.572. The summed E-state index contributed by atoms with van der Waals surface area (Å²) >= 11 is 0. The molecule has 0 atom stereocenters. The number of anilines is 1. The van der Waals surface area contributed by atoms with Crippen LogP contribution in [-0.4, -0.2) is 23.3 Å². The minimum Gasteiger partial charge on any atom is -0.370 e. The molecule has 0 aromatic heterocycles. The van der Waals surface area contributed by atoms with Gasteiger partial charge < -0.3 is 16.4 Å². The van der Waals surface area contributed by atoms with Crippen molar-refractivity contribution in [3.8, 4) is 0 Å². The molecule has 6 nitrogen and oxygen atoms in total. The molecule has 1 aromatic carbocycles. The van der Waals surface area contributed by atoms with Gasteiger partial charge in [0.1, 0.15) is 0 Å². The van der Waals surface area contributed by atoms with E-state index >= 15 is 0 Å². The van der Waals surface area contributed by atoms with Crippen LogP contribution in [0.5, 0.6) is 0 Å². The highest BCUT2D eigenvalue weighted by Gasteiger charge is 2.22. The molecule has 0 aliphatic heterocycles. The molecule has 1 rings (SSSR count). The number of nitrogens with two attached hydrogens (primary N) is 1. The zero-order chi connectivity index (χ0) is 15.3. The van der Waals surface area contributed by atoms with Gasteiger partial charge in [-0.05, 0) is 32.9 Å². The Balaban J connectivity index is 2.69. The fourth-order valence-corrected chi connectivity index (χ4v) is 1.77. The predicted molar refractivity (Wildman–Crippen MR) is 76.5 cm³/mol. The van der Waals surface area contributed by atoms with Crippen molar-refractivity contribution < 1.29 is 14.4 Å². The second kappa shape index (κ2) is 6.18. The number of ketones is 1. The van der Waals surface area contributed by atoms with Gasteiger partial charge in [0.05, 0.1) is 0 Å². The Morgan fingerprint density at radius 2 is 1.90 bits per heavy atom. The summed E-state index contributed by atoms with van der Waals surface area (Å²) in [6.07, 6.45) is 0.0356. The van der Waals surface area contributed by atoms with Crippen LogP contribution in [0.1, 0.15) is 37.6 Å². The standard InChI is InChI=1S/C14H19N3O3/c1-9(18)10-5-4-6-11(7-10)16-13(20)17-14(2,3)8-12(15)19/h4-7H,8H2,1-3H3,(H2,15,19)(H2,16,17,20). The summed E-state index contributed by atoms with van der Waals surface area (Å²) in [6, 6.07) is 6.15. The molecule has 6 heteroatoms. The van der Waals surface area contributed by atoms with E-state index in [2.05, 4.69) is 10.6 Å². The third kappa shape index (κ3) is 5.09. The minimum absolute atomic E-state index is 0.0356. The second-order valence-corrected chi connectivity index (χ2v) is 5.24. The fourth-order valence-electron chi connectivity index (χ4n) is 1.77. The lowest BCUT2D eigenvalue weighted by Crippen LogP contribution is -2.47. The van der Waals surface area contributed by atoms with Crippen molar-refractivity contribution in [2.45, 2.75) is 32.7 Å². The van der Waals surface area contributed by atoms with Crippen molar-refractivity contribution >= 4 is 23.4 Å². The van der Waals surface area contributed by atoms with Gasteiger partial charge >= 0.3 is 6.03 Å². The Kier molecular flexibility index (Phi) is 4.85. The number of amides is 3. The summed E-state index contributed by atoms with van der Waals surface area (Å²) in [7, 11) is 0. The van der Waals surface area contributed by atoms with Crippen LogP contribution in [0.25, 0.3) is 0 Å². The largest absolute Gasteiger partial charge is 0.370 e. The first-order chi connectivity index (χ1) is 9.19. The highest BCUT2D eigenvalue weighted by Crippen LogP contribution is 2.12. The zero-order valence-electron chi connectivity index (χ0n) is 11.8. The van der Waals surface area contributed by atoms with E-state index in [-0.39, 0.29) is 12.2 Å². The van der Waals surface area contributed by atoms with Crippen molar-refractivity contribution in [1.82, 2.24) is 5.32 Å². The monoisotopic (exact) mass is 277 g/mol. The molecule has 0 aliphatic carbocycles. The van der Waals surface area contributed by atoms with Gasteiger partial charge in [-0.25, -0.2) is 4.79 Å². The lowest BCUT2D eigenvalue weighted by Gasteiger charge is -2.24. The van der Waals surface area contributed by atoms with Crippen molar-refractivity contribution in [2.24, 2.45) is 5.73 Å². The summed E-state index contributed by atoms with van der Waals surface area (Å²) in [5, 5.41) is 5.26. The number of nitrogens with one attached hydrogen (secondary N) is 2. The van der Waals surface area contributed by atoms with Gasteiger partial charge in [0, 0.05) is 23.2 Å². The predicted octanol–water partition coefficient (Wildman–Crippen LogP) is 1.66. The highest BCUT2D eigenvalue weighted by molar-refractivity contribution is 5.96. The molecule has 0 heterocycles. The number of primary amides is 1. The number of benzene rings is 1. The van der Waals surface area contributed by atoms with E-state index < -0.39 is 17.5 Å². The molecule has 0 spiro atoms. The molecule has 0 saturated heterocycles. The van der Waals surface area contributed by atoms with Gasteiger partial charge in [0.15, 0.2) is 5.78 Å². The van der Waals surface area contributed by atoms with E-state index in [4.69, 9.17) is 5.73 Å². The molecular weight excluding hydrogens is 258 g/mol. The summed E-state index contributed by atoms with van der Waals surface area (Å²) < 4.78 is 0. The molecule has 4 N–H and O–H groups in total. The van der Waals surface area contributed by atoms with Crippen LogP contribution in [0.4, 0.5) is 10.5 Å². The fraction of sp³-hybridized carbons (Fsp3) is 0.357. The first kappa shape index (κ1) is 15.7. The van der Waals surface area contributed by atoms with Crippen LogP contribution in [0.3, 0.4) is 0 Å². The second-order valence-electron chi connectivity index (χ2n) is 5.24. The zero-order valence-corrected chi connectivity index (χ0v) is 11.8. The number of Topliss-reactive ketones (excluding diaryl/α,β-unsaturated/α-hetero) is 1. The number of rotatable bonds is 5. The highest BCUT2D eigenvalue weighted by atomic mass is 16.2. The van der Waals surface area contributed by atoms with Gasteiger partial charge in [0.2, 0.25) is 5.91 Å². The summed E-state index contributed by atoms with van der Waals surface area (Å²) in [6.45, 7) is 4.85. The van der Waals surface area contributed by atoms with E-state index in [1.807, 2.05) is 0 Å². The Labute approximate surface area is 117 Å². The van der Waals surface area contributed by atoms with Gasteiger partial charge in [-0.1, -0.05) is 12.1 Å². The van der Waals surface area contributed by atoms with Crippen LogP contribution in [0.2, 0.25) is 0 Å². The van der Waals surface area contributed by atoms with E-state index in [1.54, 1.807) is 38.1 Å². The first-order valence-corrected chi connectivity index (χ1v) is 6.18. The van der Waals surface area contributed by atoms with Crippen molar-refractivity contribution in [1.29, 1.82) is 0 Å². The van der Waals surface area contributed by atoms with Gasteiger partial charge in [-0.15, -0.1) is 0 Å². The maximum atomic E-state index is 11.8. The van der Waals surface area contributed by atoms with Gasteiger partial charge in [0.25, 0.3) is 0 Å². The molecule has 108 valence electrons. The number of hydrogen-bond donors (Lipinski definition) is 3. The smallest absolute Gasteiger partial charge is 0.319 e. The molecule has 0 saturated carbocycles. The maximum absolute atomic E-state index is 11.8. The van der Waals surface area contributed by atoms with Crippen LogP contribution in [0.15, 0.2) is 24.3 Å². The number of carbonyl (C=O) groups excluding carboxylic acids is 3. The summed E-state index contributed by atoms with van der Waals surface area (Å²) in [4.78, 5) is 34.0. The van der Waals surface area contributed by atoms with Crippen molar-refractivity contribution in [2.75, 3.05) is 5.32 Å². The van der Waals surface area contributed by atoms with E-state index in [9.17, 15) is 14.4 Å². The number of hydrogen-bond acceptors (Lipinski definition) is 3. The normalized spacial score (nSPS) is 10.8. The molecule has 0 aliphatic rings. The average molecular weight is 277 g/mol.